The lowest BCUT2D eigenvalue weighted by atomic mass is 10.3. The first-order chi connectivity index (χ1) is 12.9. The van der Waals surface area contributed by atoms with Gasteiger partial charge in [-0.2, -0.15) is 4.98 Å². The van der Waals surface area contributed by atoms with Gasteiger partial charge in [-0.15, -0.1) is 0 Å². The molecule has 0 atom stereocenters. The Hall–Kier alpha value is -3.00. The van der Waals surface area contributed by atoms with Gasteiger partial charge in [-0.1, -0.05) is 11.6 Å². The Morgan fingerprint density at radius 1 is 1.15 bits per heavy atom. The van der Waals surface area contributed by atoms with E-state index in [1.54, 1.807) is 7.05 Å². The molecule has 9 heteroatoms. The molecule has 1 aromatic carbocycles. The predicted molar refractivity (Wildman–Crippen MR) is 106 cm³/mol. The van der Waals surface area contributed by atoms with Crippen LogP contribution in [0.4, 0.5) is 5.69 Å². The number of halogens is 1. The summed E-state index contributed by atoms with van der Waals surface area (Å²) in [5.74, 6) is 0.643. The van der Waals surface area contributed by atoms with Crippen LogP contribution in [0.3, 0.4) is 0 Å². The highest BCUT2D eigenvalue weighted by atomic mass is 35.5. The second-order valence-corrected chi connectivity index (χ2v) is 6.93. The van der Waals surface area contributed by atoms with Crippen LogP contribution in [0.1, 0.15) is 11.4 Å². The molecule has 0 aliphatic heterocycles. The van der Waals surface area contributed by atoms with E-state index in [1.807, 2.05) is 47.1 Å². The molecule has 27 heavy (non-hydrogen) atoms. The van der Waals surface area contributed by atoms with Crippen LogP contribution >= 0.6 is 11.6 Å². The first-order valence-corrected chi connectivity index (χ1v) is 8.93. The second-order valence-electron chi connectivity index (χ2n) is 6.49. The molecule has 0 fully saturated rings. The number of aromatic nitrogens is 5. The van der Waals surface area contributed by atoms with Gasteiger partial charge in [0, 0.05) is 42.2 Å². The Morgan fingerprint density at radius 2 is 1.85 bits per heavy atom. The van der Waals surface area contributed by atoms with Crippen LogP contribution in [0.15, 0.2) is 33.9 Å². The molecule has 3 heterocycles. The molecule has 3 aromatic heterocycles. The molecule has 0 aliphatic carbocycles. The van der Waals surface area contributed by atoms with E-state index in [1.165, 1.54) is 4.57 Å². The quantitative estimate of drug-likeness (QED) is 0.562. The molecule has 0 saturated heterocycles. The zero-order valence-corrected chi connectivity index (χ0v) is 16.0. The number of anilines is 1. The summed E-state index contributed by atoms with van der Waals surface area (Å²) < 4.78 is 5.21. The van der Waals surface area contributed by atoms with Gasteiger partial charge in [0.1, 0.15) is 0 Å². The van der Waals surface area contributed by atoms with Crippen molar-refractivity contribution in [2.24, 2.45) is 7.05 Å². The number of hydrogen-bond donors (Lipinski definition) is 2. The Morgan fingerprint density at radius 3 is 2.56 bits per heavy atom. The van der Waals surface area contributed by atoms with Crippen molar-refractivity contribution in [1.29, 1.82) is 0 Å². The number of H-pyrrole nitrogens is 1. The Balaban J connectivity index is 1.75. The van der Waals surface area contributed by atoms with Gasteiger partial charge in [0.15, 0.2) is 11.2 Å². The number of hydrogen-bond acceptors (Lipinski definition) is 4. The van der Waals surface area contributed by atoms with E-state index < -0.39 is 11.2 Å². The Kier molecular flexibility index (Phi) is 4.07. The maximum Gasteiger partial charge on any atom is 0.329 e. The second kappa shape index (κ2) is 6.31. The molecular formula is C18H19ClN6O2. The Bertz CT molecular complexity index is 1280. The number of rotatable bonds is 4. The minimum absolute atomic E-state index is 0.376. The fourth-order valence-corrected chi connectivity index (χ4v) is 3.45. The molecular weight excluding hydrogens is 368 g/mol. The van der Waals surface area contributed by atoms with Crippen LogP contribution in [0, 0.1) is 13.8 Å². The molecule has 8 nitrogen and oxygen atoms in total. The standard InChI is InChI=1S/C18H19ClN6O2/c1-10-11(2)25-14-15(23(3)18(27)22-16(14)26)21-17(25)24(10)9-8-20-13-6-4-12(19)5-7-13/h4-7,20H,8-9H2,1-3H3,(H,22,26,27). The van der Waals surface area contributed by atoms with Gasteiger partial charge in [-0.25, -0.2) is 4.79 Å². The lowest BCUT2D eigenvalue weighted by Gasteiger charge is -2.09. The van der Waals surface area contributed by atoms with E-state index in [-0.39, 0.29) is 0 Å². The third-order valence-electron chi connectivity index (χ3n) is 4.91. The van der Waals surface area contributed by atoms with E-state index in [0.29, 0.717) is 35.1 Å². The van der Waals surface area contributed by atoms with Gasteiger partial charge < -0.3 is 9.88 Å². The van der Waals surface area contributed by atoms with Crippen LogP contribution < -0.4 is 16.6 Å². The summed E-state index contributed by atoms with van der Waals surface area (Å²) in [6, 6.07) is 7.51. The SMILES string of the molecule is Cc1c(C)n2c3c(=O)[nH]c(=O)n(C)c3nc2n1CCNc1ccc(Cl)cc1. The Labute approximate surface area is 159 Å². The summed E-state index contributed by atoms with van der Waals surface area (Å²) in [5.41, 5.74) is 2.77. The van der Waals surface area contributed by atoms with Gasteiger partial charge >= 0.3 is 5.69 Å². The lowest BCUT2D eigenvalue weighted by molar-refractivity contribution is 0.722. The molecule has 0 unspecified atom stereocenters. The van der Waals surface area contributed by atoms with Gasteiger partial charge in [-0.3, -0.25) is 18.7 Å². The van der Waals surface area contributed by atoms with Crippen LogP contribution in [-0.2, 0) is 13.6 Å². The number of aryl methyl sites for hydroxylation is 2. The average Bonchev–Trinajstić information content (AvgIpc) is 3.13. The molecule has 0 spiro atoms. The van der Waals surface area contributed by atoms with Crippen molar-refractivity contribution >= 4 is 34.2 Å². The van der Waals surface area contributed by atoms with Crippen molar-refractivity contribution in [3.8, 4) is 0 Å². The summed E-state index contributed by atoms with van der Waals surface area (Å²) in [5, 5.41) is 4.04. The molecule has 2 N–H and O–H groups in total. The van der Waals surface area contributed by atoms with E-state index >= 15 is 0 Å². The van der Waals surface area contributed by atoms with Crippen molar-refractivity contribution in [3.05, 3.63) is 61.5 Å². The van der Waals surface area contributed by atoms with Gasteiger partial charge in [0.2, 0.25) is 5.78 Å². The summed E-state index contributed by atoms with van der Waals surface area (Å²) in [6.07, 6.45) is 0. The number of fused-ring (bicyclic) bond motifs is 3. The zero-order chi connectivity index (χ0) is 19.3. The van der Waals surface area contributed by atoms with Crippen molar-refractivity contribution in [2.45, 2.75) is 20.4 Å². The van der Waals surface area contributed by atoms with Crippen molar-refractivity contribution in [2.75, 3.05) is 11.9 Å². The van der Waals surface area contributed by atoms with E-state index in [4.69, 9.17) is 11.6 Å². The molecule has 0 saturated carbocycles. The maximum absolute atomic E-state index is 12.4. The van der Waals surface area contributed by atoms with Crippen molar-refractivity contribution in [3.63, 3.8) is 0 Å². The molecule has 4 rings (SSSR count). The maximum atomic E-state index is 12.4. The predicted octanol–water partition coefficient (Wildman–Crippen LogP) is 2.06. The van der Waals surface area contributed by atoms with E-state index in [2.05, 4.69) is 15.3 Å². The summed E-state index contributed by atoms with van der Waals surface area (Å²) in [4.78, 5) is 31.2. The number of imidazole rings is 2. The smallest absolute Gasteiger partial charge is 0.329 e. The average molecular weight is 387 g/mol. The highest BCUT2D eigenvalue weighted by molar-refractivity contribution is 6.30. The van der Waals surface area contributed by atoms with Crippen molar-refractivity contribution in [1.82, 2.24) is 23.5 Å². The fourth-order valence-electron chi connectivity index (χ4n) is 3.32. The highest BCUT2D eigenvalue weighted by Gasteiger charge is 2.20. The van der Waals surface area contributed by atoms with E-state index in [9.17, 15) is 9.59 Å². The first-order valence-electron chi connectivity index (χ1n) is 8.55. The third-order valence-corrected chi connectivity index (χ3v) is 5.17. The highest BCUT2D eigenvalue weighted by Crippen LogP contribution is 2.20. The number of nitrogens with zero attached hydrogens (tertiary/aromatic N) is 4. The minimum atomic E-state index is -0.474. The third kappa shape index (κ3) is 2.73. The van der Waals surface area contributed by atoms with Crippen LogP contribution in [-0.4, -0.2) is 30.0 Å². The molecule has 140 valence electrons. The van der Waals surface area contributed by atoms with Crippen LogP contribution in [0.5, 0.6) is 0 Å². The van der Waals surface area contributed by atoms with Gasteiger partial charge in [0.05, 0.1) is 0 Å². The fraction of sp³-hybridized carbons (Fsp3) is 0.278. The summed E-state index contributed by atoms with van der Waals surface area (Å²) in [6.45, 7) is 5.26. The normalized spacial score (nSPS) is 11.6. The summed E-state index contributed by atoms with van der Waals surface area (Å²) >= 11 is 5.91. The van der Waals surface area contributed by atoms with Crippen LogP contribution in [0.2, 0.25) is 5.02 Å². The van der Waals surface area contributed by atoms with Crippen molar-refractivity contribution < 1.29 is 0 Å². The first kappa shape index (κ1) is 17.4. The minimum Gasteiger partial charge on any atom is -0.383 e. The molecule has 4 aromatic rings. The molecule has 0 amide bonds. The molecule has 0 bridgehead atoms. The molecule has 0 aliphatic rings. The summed E-state index contributed by atoms with van der Waals surface area (Å²) in [7, 11) is 1.60. The van der Waals surface area contributed by atoms with Gasteiger partial charge in [-0.05, 0) is 38.1 Å². The molecule has 0 radical (unpaired) electrons. The number of nitrogens with one attached hydrogen (secondary N) is 2. The topological polar surface area (TPSA) is 89.1 Å². The van der Waals surface area contributed by atoms with E-state index in [0.717, 1.165) is 17.1 Å². The largest absolute Gasteiger partial charge is 0.383 e. The van der Waals surface area contributed by atoms with Gasteiger partial charge in [0.25, 0.3) is 5.56 Å². The zero-order valence-electron chi connectivity index (χ0n) is 15.2. The lowest BCUT2D eigenvalue weighted by Crippen LogP contribution is -2.28. The monoisotopic (exact) mass is 386 g/mol. The van der Waals surface area contributed by atoms with Crippen LogP contribution in [0.25, 0.3) is 16.9 Å². The number of aromatic amines is 1. The number of benzene rings is 1.